The van der Waals surface area contributed by atoms with Gasteiger partial charge in [0.25, 0.3) is 0 Å². The van der Waals surface area contributed by atoms with E-state index < -0.39 is 0 Å². The topological polar surface area (TPSA) is 50.4 Å². The largest absolute Gasteiger partial charge is 0.488 e. The van der Waals surface area contributed by atoms with Crippen molar-refractivity contribution < 1.29 is 9.53 Å². The summed E-state index contributed by atoms with van der Waals surface area (Å²) >= 11 is 0. The normalized spacial score (nSPS) is 16.0. The lowest BCUT2D eigenvalue weighted by atomic mass is 10.1. The maximum Gasteiger partial charge on any atom is 0.221 e. The van der Waals surface area contributed by atoms with Gasteiger partial charge >= 0.3 is 0 Å². The van der Waals surface area contributed by atoms with E-state index in [0.717, 1.165) is 30.1 Å². The van der Waals surface area contributed by atoms with Gasteiger partial charge in [-0.05, 0) is 29.8 Å². The summed E-state index contributed by atoms with van der Waals surface area (Å²) in [6.07, 6.45) is 1.07. The Morgan fingerprint density at radius 1 is 1.19 bits per heavy atom. The van der Waals surface area contributed by atoms with Crippen molar-refractivity contribution in [2.45, 2.75) is 19.4 Å². The summed E-state index contributed by atoms with van der Waals surface area (Å²) in [7, 11) is 0. The van der Waals surface area contributed by atoms with Crippen LogP contribution in [0.5, 0.6) is 5.75 Å². The third kappa shape index (κ3) is 3.34. The van der Waals surface area contributed by atoms with Gasteiger partial charge in [-0.15, -0.1) is 0 Å². The molecule has 0 saturated heterocycles. The van der Waals surface area contributed by atoms with E-state index in [0.29, 0.717) is 0 Å². The fourth-order valence-corrected chi connectivity index (χ4v) is 2.51. The van der Waals surface area contributed by atoms with Gasteiger partial charge in [0.1, 0.15) is 11.9 Å². The second-order valence-corrected chi connectivity index (χ2v) is 5.19. The first-order valence-electron chi connectivity index (χ1n) is 7.07. The zero-order valence-electron chi connectivity index (χ0n) is 11.9. The van der Waals surface area contributed by atoms with Gasteiger partial charge < -0.3 is 15.4 Å². The monoisotopic (exact) mass is 282 g/mol. The predicted octanol–water partition coefficient (Wildman–Crippen LogP) is 3.06. The van der Waals surface area contributed by atoms with E-state index >= 15 is 0 Å². The molecule has 1 heterocycles. The van der Waals surface area contributed by atoms with Crippen LogP contribution in [0.1, 0.15) is 12.5 Å². The first kappa shape index (κ1) is 13.5. The predicted molar refractivity (Wildman–Crippen MR) is 83.8 cm³/mol. The molecule has 0 bridgehead atoms. The van der Waals surface area contributed by atoms with Crippen LogP contribution in [0.25, 0.3) is 0 Å². The van der Waals surface area contributed by atoms with E-state index in [1.807, 2.05) is 42.5 Å². The Morgan fingerprint density at radius 2 is 2.00 bits per heavy atom. The summed E-state index contributed by atoms with van der Waals surface area (Å²) in [5, 5.41) is 6.14. The number of anilines is 2. The summed E-state index contributed by atoms with van der Waals surface area (Å²) in [4.78, 5) is 11.1. The van der Waals surface area contributed by atoms with E-state index in [9.17, 15) is 4.79 Å². The Hall–Kier alpha value is -2.49. The zero-order valence-corrected chi connectivity index (χ0v) is 11.9. The van der Waals surface area contributed by atoms with E-state index in [4.69, 9.17) is 4.74 Å². The number of hydrogen-bond donors (Lipinski definition) is 2. The fourth-order valence-electron chi connectivity index (χ4n) is 2.51. The van der Waals surface area contributed by atoms with Crippen molar-refractivity contribution in [3.8, 4) is 5.75 Å². The smallest absolute Gasteiger partial charge is 0.221 e. The number of carbonyl (C=O) groups is 1. The van der Waals surface area contributed by atoms with Gasteiger partial charge in [-0.3, -0.25) is 4.79 Å². The molecule has 108 valence electrons. The average Bonchev–Trinajstić information content (AvgIpc) is 2.87. The molecule has 1 aliphatic heterocycles. The number of ether oxygens (including phenoxy) is 1. The quantitative estimate of drug-likeness (QED) is 0.906. The van der Waals surface area contributed by atoms with Gasteiger partial charge in [0.2, 0.25) is 5.91 Å². The number of rotatable bonds is 4. The lowest BCUT2D eigenvalue weighted by Gasteiger charge is -2.13. The molecule has 2 aromatic carbocycles. The molecular formula is C17H18N2O2. The van der Waals surface area contributed by atoms with Crippen LogP contribution >= 0.6 is 0 Å². The molecule has 4 nitrogen and oxygen atoms in total. The molecule has 0 radical (unpaired) electrons. The van der Waals surface area contributed by atoms with E-state index in [-0.39, 0.29) is 12.0 Å². The molecule has 2 N–H and O–H groups in total. The van der Waals surface area contributed by atoms with E-state index in [2.05, 4.69) is 16.7 Å². The number of carbonyl (C=O) groups excluding carboxylic acids is 1. The van der Waals surface area contributed by atoms with Crippen LogP contribution in [0.3, 0.4) is 0 Å². The maximum atomic E-state index is 11.1. The highest BCUT2D eigenvalue weighted by Gasteiger charge is 2.21. The molecule has 0 aromatic heterocycles. The maximum absolute atomic E-state index is 11.1. The second-order valence-electron chi connectivity index (χ2n) is 5.19. The molecule has 0 spiro atoms. The van der Waals surface area contributed by atoms with Crippen molar-refractivity contribution in [2.75, 3.05) is 17.2 Å². The van der Waals surface area contributed by atoms with E-state index in [1.54, 1.807) is 0 Å². The third-order valence-electron chi connectivity index (χ3n) is 3.43. The summed E-state index contributed by atoms with van der Waals surface area (Å²) in [5.41, 5.74) is 3.03. The van der Waals surface area contributed by atoms with Crippen LogP contribution in [-0.4, -0.2) is 18.6 Å². The highest BCUT2D eigenvalue weighted by Crippen LogP contribution is 2.28. The van der Waals surface area contributed by atoms with Crippen molar-refractivity contribution >= 4 is 17.3 Å². The first-order chi connectivity index (χ1) is 10.2. The van der Waals surface area contributed by atoms with Gasteiger partial charge in [-0.25, -0.2) is 0 Å². The number of para-hydroxylation sites is 1. The Labute approximate surface area is 124 Å². The molecule has 0 aliphatic carbocycles. The first-order valence-corrected chi connectivity index (χ1v) is 7.07. The van der Waals surface area contributed by atoms with Gasteiger partial charge in [-0.2, -0.15) is 0 Å². The van der Waals surface area contributed by atoms with Gasteiger partial charge in [0, 0.05) is 24.7 Å². The Balaban J connectivity index is 1.58. The molecule has 1 aliphatic rings. The second kappa shape index (κ2) is 5.87. The lowest BCUT2D eigenvalue weighted by Crippen LogP contribution is -2.24. The molecule has 3 rings (SSSR count). The highest BCUT2D eigenvalue weighted by molar-refractivity contribution is 5.89. The molecule has 2 aromatic rings. The molecule has 1 atom stereocenters. The molecule has 1 unspecified atom stereocenters. The standard InChI is InChI=1S/C17H18N2O2/c1-12(20)19-15-7-4-6-14(10-15)18-11-16-9-13-5-2-3-8-17(13)21-16/h2-8,10,16,18H,9,11H2,1H3,(H,19,20). The molecular weight excluding hydrogens is 264 g/mol. The summed E-state index contributed by atoms with van der Waals surface area (Å²) in [6, 6.07) is 15.8. The SMILES string of the molecule is CC(=O)Nc1cccc(NCC2Cc3ccccc3O2)c1. The van der Waals surface area contributed by atoms with Crippen molar-refractivity contribution in [3.63, 3.8) is 0 Å². The molecule has 4 heteroatoms. The molecule has 21 heavy (non-hydrogen) atoms. The lowest BCUT2D eigenvalue weighted by molar-refractivity contribution is -0.114. The van der Waals surface area contributed by atoms with Crippen LogP contribution in [0, 0.1) is 0 Å². The van der Waals surface area contributed by atoms with E-state index in [1.165, 1.54) is 12.5 Å². The van der Waals surface area contributed by atoms with Crippen molar-refractivity contribution in [2.24, 2.45) is 0 Å². The Bertz CT molecular complexity index is 630. The minimum atomic E-state index is -0.0678. The van der Waals surface area contributed by atoms with Crippen LogP contribution in [0.15, 0.2) is 48.5 Å². The summed E-state index contributed by atoms with van der Waals surface area (Å²) in [5.74, 6) is 0.915. The zero-order chi connectivity index (χ0) is 14.7. The number of amides is 1. The Kier molecular flexibility index (Phi) is 3.77. The highest BCUT2D eigenvalue weighted by atomic mass is 16.5. The van der Waals surface area contributed by atoms with Crippen LogP contribution < -0.4 is 15.4 Å². The van der Waals surface area contributed by atoms with Gasteiger partial charge in [-0.1, -0.05) is 24.3 Å². The number of hydrogen-bond acceptors (Lipinski definition) is 3. The number of nitrogens with one attached hydrogen (secondary N) is 2. The Morgan fingerprint density at radius 3 is 2.81 bits per heavy atom. The van der Waals surface area contributed by atoms with Crippen LogP contribution in [0.4, 0.5) is 11.4 Å². The van der Waals surface area contributed by atoms with Gasteiger partial charge in [0.05, 0.1) is 6.54 Å². The number of benzene rings is 2. The molecule has 1 amide bonds. The molecule has 0 fully saturated rings. The van der Waals surface area contributed by atoms with Crippen molar-refractivity contribution in [1.82, 2.24) is 0 Å². The summed E-state index contributed by atoms with van der Waals surface area (Å²) < 4.78 is 5.89. The van der Waals surface area contributed by atoms with Crippen LogP contribution in [-0.2, 0) is 11.2 Å². The number of fused-ring (bicyclic) bond motifs is 1. The summed E-state index contributed by atoms with van der Waals surface area (Å²) in [6.45, 7) is 2.24. The molecule has 0 saturated carbocycles. The third-order valence-corrected chi connectivity index (χ3v) is 3.43. The average molecular weight is 282 g/mol. The fraction of sp³-hybridized carbons (Fsp3) is 0.235. The minimum Gasteiger partial charge on any atom is -0.488 e. The van der Waals surface area contributed by atoms with Gasteiger partial charge in [0.15, 0.2) is 0 Å². The van der Waals surface area contributed by atoms with Crippen molar-refractivity contribution in [1.29, 1.82) is 0 Å². The van der Waals surface area contributed by atoms with Crippen LogP contribution in [0.2, 0.25) is 0 Å². The van der Waals surface area contributed by atoms with Crippen molar-refractivity contribution in [3.05, 3.63) is 54.1 Å². The minimum absolute atomic E-state index is 0.0678.